The van der Waals surface area contributed by atoms with Gasteiger partial charge in [0, 0.05) is 11.4 Å². The van der Waals surface area contributed by atoms with Crippen LogP contribution in [0.25, 0.3) is 10.8 Å². The van der Waals surface area contributed by atoms with Crippen LogP contribution in [0.15, 0.2) is 36.4 Å². The molecule has 1 aliphatic heterocycles. The predicted octanol–water partition coefficient (Wildman–Crippen LogP) is 3.41. The maximum Gasteiger partial charge on any atom is 0.432 e. The van der Waals surface area contributed by atoms with Gasteiger partial charge < -0.3 is 10.2 Å². The molecule has 2 aliphatic rings. The molecule has 1 N–H and O–H groups in total. The van der Waals surface area contributed by atoms with Crippen LogP contribution in [0.4, 0.5) is 4.79 Å². The van der Waals surface area contributed by atoms with Gasteiger partial charge in [0.25, 0.3) is 11.8 Å². The largest absolute Gasteiger partial charge is 0.432 e. The summed E-state index contributed by atoms with van der Waals surface area (Å²) < 4.78 is 0. The molecule has 0 bridgehead atoms. The van der Waals surface area contributed by atoms with E-state index in [-0.39, 0.29) is 6.04 Å². The van der Waals surface area contributed by atoms with Crippen molar-refractivity contribution >= 4 is 28.7 Å². The molecule has 6 nitrogen and oxygen atoms in total. The summed E-state index contributed by atoms with van der Waals surface area (Å²) in [5.74, 6) is -1.24. The van der Waals surface area contributed by atoms with E-state index in [1.807, 2.05) is 12.1 Å². The highest BCUT2D eigenvalue weighted by Gasteiger charge is 2.36. The summed E-state index contributed by atoms with van der Waals surface area (Å²) in [7, 11) is 0. The molecule has 1 aliphatic carbocycles. The third-order valence-corrected chi connectivity index (χ3v) is 4.84. The summed E-state index contributed by atoms with van der Waals surface area (Å²) >= 11 is 0. The number of rotatable bonds is 2. The van der Waals surface area contributed by atoms with Gasteiger partial charge in [0.15, 0.2) is 0 Å². The zero-order valence-electron chi connectivity index (χ0n) is 13.7. The fourth-order valence-electron chi connectivity index (χ4n) is 3.61. The van der Waals surface area contributed by atoms with Crippen molar-refractivity contribution in [1.82, 2.24) is 10.4 Å². The molecule has 1 saturated carbocycles. The van der Waals surface area contributed by atoms with Gasteiger partial charge in [-0.3, -0.25) is 9.59 Å². The Morgan fingerprint density at radius 2 is 1.56 bits per heavy atom. The number of imide groups is 1. The molecule has 2 aromatic carbocycles. The lowest BCUT2D eigenvalue weighted by Crippen LogP contribution is -2.46. The van der Waals surface area contributed by atoms with E-state index in [9.17, 15) is 14.4 Å². The van der Waals surface area contributed by atoms with Crippen molar-refractivity contribution in [2.45, 2.75) is 38.1 Å². The Balaban J connectivity index is 1.58. The van der Waals surface area contributed by atoms with Crippen LogP contribution in [-0.4, -0.2) is 29.0 Å². The number of hydrogen-bond acceptors (Lipinski definition) is 4. The Hall–Kier alpha value is -2.89. The van der Waals surface area contributed by atoms with Gasteiger partial charge in [0.2, 0.25) is 0 Å². The van der Waals surface area contributed by atoms with Crippen molar-refractivity contribution in [1.29, 1.82) is 0 Å². The summed E-state index contributed by atoms with van der Waals surface area (Å²) in [6.45, 7) is 0. The minimum atomic E-state index is -0.764. The predicted molar refractivity (Wildman–Crippen MR) is 90.9 cm³/mol. The molecule has 4 rings (SSSR count). The number of nitrogens with one attached hydrogen (secondary N) is 1. The Labute approximate surface area is 144 Å². The first-order chi connectivity index (χ1) is 12.1. The van der Waals surface area contributed by atoms with Crippen LogP contribution < -0.4 is 5.32 Å². The number of carbonyl (C=O) groups is 3. The number of hydrogen-bond donors (Lipinski definition) is 1. The minimum Gasteiger partial charge on any atom is -0.317 e. The van der Waals surface area contributed by atoms with E-state index >= 15 is 0 Å². The molecule has 2 aromatic rings. The second-order valence-electron chi connectivity index (χ2n) is 6.47. The molecule has 1 fully saturated rings. The molecule has 0 unspecified atom stereocenters. The molecular formula is C19H18N2O4. The first-order valence-corrected chi connectivity index (χ1v) is 8.54. The highest BCUT2D eigenvalue weighted by Crippen LogP contribution is 2.30. The minimum absolute atomic E-state index is 0.0342. The molecular weight excluding hydrogens is 320 g/mol. The standard InChI is InChI=1S/C19H18N2O4/c22-17-14-10-4-6-12-7-5-11-15(16(12)14)18(23)21(17)25-19(24)20-13-8-2-1-3-9-13/h4-7,10-11,13H,1-3,8-9H2,(H,20,24). The Morgan fingerprint density at radius 3 is 2.16 bits per heavy atom. The summed E-state index contributed by atoms with van der Waals surface area (Å²) in [5.41, 5.74) is 0.719. The van der Waals surface area contributed by atoms with Crippen molar-refractivity contribution in [2.75, 3.05) is 0 Å². The average Bonchev–Trinajstić information content (AvgIpc) is 2.64. The van der Waals surface area contributed by atoms with Crippen molar-refractivity contribution in [3.8, 4) is 0 Å². The van der Waals surface area contributed by atoms with E-state index in [1.54, 1.807) is 24.3 Å². The molecule has 0 radical (unpaired) electrons. The van der Waals surface area contributed by atoms with Gasteiger partial charge in [0.05, 0.1) is 11.1 Å². The van der Waals surface area contributed by atoms with Gasteiger partial charge in [-0.25, -0.2) is 4.79 Å². The molecule has 3 amide bonds. The topological polar surface area (TPSA) is 75.7 Å². The zero-order valence-corrected chi connectivity index (χ0v) is 13.7. The van der Waals surface area contributed by atoms with Gasteiger partial charge in [-0.15, -0.1) is 0 Å². The zero-order chi connectivity index (χ0) is 17.4. The monoisotopic (exact) mass is 338 g/mol. The molecule has 0 spiro atoms. The molecule has 128 valence electrons. The number of hydroxylamine groups is 2. The van der Waals surface area contributed by atoms with Crippen LogP contribution in [0.5, 0.6) is 0 Å². The lowest BCUT2D eigenvalue weighted by atomic mass is 9.95. The van der Waals surface area contributed by atoms with Gasteiger partial charge in [-0.05, 0) is 30.4 Å². The summed E-state index contributed by atoms with van der Waals surface area (Å²) in [6.07, 6.45) is 4.29. The molecule has 6 heteroatoms. The lowest BCUT2D eigenvalue weighted by molar-refractivity contribution is -0.0503. The van der Waals surface area contributed by atoms with E-state index in [4.69, 9.17) is 4.84 Å². The van der Waals surface area contributed by atoms with E-state index < -0.39 is 17.9 Å². The highest BCUT2D eigenvalue weighted by atomic mass is 16.7. The van der Waals surface area contributed by atoms with Crippen LogP contribution in [0.3, 0.4) is 0 Å². The van der Waals surface area contributed by atoms with Crippen molar-refractivity contribution in [2.24, 2.45) is 0 Å². The normalized spacial score (nSPS) is 17.7. The SMILES string of the molecule is O=C(NC1CCCCC1)ON1C(=O)c2cccc3cccc(c23)C1=O. The quantitative estimate of drug-likeness (QED) is 0.852. The number of carbonyl (C=O) groups excluding carboxylic acids is 3. The van der Waals surface area contributed by atoms with E-state index in [0.717, 1.165) is 37.5 Å². The van der Waals surface area contributed by atoms with Crippen LogP contribution in [0.2, 0.25) is 0 Å². The highest BCUT2D eigenvalue weighted by molar-refractivity contribution is 6.25. The third kappa shape index (κ3) is 2.73. The van der Waals surface area contributed by atoms with Crippen molar-refractivity contribution in [3.05, 3.63) is 47.5 Å². The number of benzene rings is 2. The Kier molecular flexibility index (Phi) is 3.87. The van der Waals surface area contributed by atoms with Gasteiger partial charge >= 0.3 is 6.09 Å². The third-order valence-electron chi connectivity index (χ3n) is 4.84. The smallest absolute Gasteiger partial charge is 0.317 e. The summed E-state index contributed by atoms with van der Waals surface area (Å²) in [5, 5.41) is 4.73. The summed E-state index contributed by atoms with van der Waals surface area (Å²) in [6, 6.07) is 10.5. The second kappa shape index (κ2) is 6.20. The second-order valence-corrected chi connectivity index (χ2v) is 6.47. The fraction of sp³-hybridized carbons (Fsp3) is 0.316. The molecule has 0 saturated heterocycles. The Morgan fingerprint density at radius 1 is 0.960 bits per heavy atom. The van der Waals surface area contributed by atoms with Gasteiger partial charge in [-0.2, -0.15) is 0 Å². The molecule has 0 aromatic heterocycles. The average molecular weight is 338 g/mol. The molecule has 1 heterocycles. The van der Waals surface area contributed by atoms with Crippen LogP contribution in [-0.2, 0) is 4.84 Å². The van der Waals surface area contributed by atoms with Crippen molar-refractivity contribution in [3.63, 3.8) is 0 Å². The number of amides is 3. The lowest BCUT2D eigenvalue weighted by Gasteiger charge is -2.27. The Bertz CT molecular complexity index is 820. The molecule has 25 heavy (non-hydrogen) atoms. The van der Waals surface area contributed by atoms with E-state index in [2.05, 4.69) is 5.32 Å². The van der Waals surface area contributed by atoms with E-state index in [1.165, 1.54) is 0 Å². The van der Waals surface area contributed by atoms with Gasteiger partial charge in [0.1, 0.15) is 0 Å². The van der Waals surface area contributed by atoms with Crippen LogP contribution >= 0.6 is 0 Å². The van der Waals surface area contributed by atoms with Crippen molar-refractivity contribution < 1.29 is 19.2 Å². The number of nitrogens with zero attached hydrogens (tertiary/aromatic N) is 1. The summed E-state index contributed by atoms with van der Waals surface area (Å²) in [4.78, 5) is 42.5. The molecule has 0 atom stereocenters. The maximum atomic E-state index is 12.6. The van der Waals surface area contributed by atoms with Crippen LogP contribution in [0, 0.1) is 0 Å². The fourth-order valence-corrected chi connectivity index (χ4v) is 3.61. The van der Waals surface area contributed by atoms with Gasteiger partial charge in [-0.1, -0.05) is 48.6 Å². The first kappa shape index (κ1) is 15.6. The van der Waals surface area contributed by atoms with Crippen LogP contribution in [0.1, 0.15) is 52.8 Å². The first-order valence-electron chi connectivity index (χ1n) is 8.54. The van der Waals surface area contributed by atoms with E-state index in [0.29, 0.717) is 21.6 Å². The maximum absolute atomic E-state index is 12.6.